The summed E-state index contributed by atoms with van der Waals surface area (Å²) in [6.45, 7) is 6.73. The van der Waals surface area contributed by atoms with Crippen LogP contribution in [0.15, 0.2) is 30.5 Å². The second-order valence-electron chi connectivity index (χ2n) is 4.28. The molecule has 96 valence electrons. The first-order valence-corrected chi connectivity index (χ1v) is 6.55. The van der Waals surface area contributed by atoms with Gasteiger partial charge < -0.3 is 5.32 Å². The average molecular weight is 264 g/mol. The first-order valence-electron chi connectivity index (χ1n) is 6.17. The Morgan fingerprint density at radius 3 is 2.61 bits per heavy atom. The minimum absolute atomic E-state index is 0.721. The summed E-state index contributed by atoms with van der Waals surface area (Å²) in [5.41, 5.74) is 3.60. The maximum atomic E-state index is 6.02. The molecule has 0 bridgehead atoms. The van der Waals surface area contributed by atoms with Crippen molar-refractivity contribution in [3.05, 3.63) is 52.3 Å². The summed E-state index contributed by atoms with van der Waals surface area (Å²) in [5.74, 6) is 0. The average Bonchev–Trinajstić information content (AvgIpc) is 2.70. The Morgan fingerprint density at radius 2 is 2.00 bits per heavy atom. The highest BCUT2D eigenvalue weighted by Gasteiger charge is 2.07. The van der Waals surface area contributed by atoms with Crippen LogP contribution in [0.3, 0.4) is 0 Å². The van der Waals surface area contributed by atoms with Crippen molar-refractivity contribution in [3.63, 3.8) is 0 Å². The maximum absolute atomic E-state index is 6.02. The standard InChI is InChI=1S/C14H18ClN3/c1-3-16-8-12-6-4-5-7-13(12)10-18-11(2)14(15)9-17-18/h4-7,9,16H,3,8,10H2,1-2H3. The Labute approximate surface area is 113 Å². The summed E-state index contributed by atoms with van der Waals surface area (Å²) in [6.07, 6.45) is 1.70. The van der Waals surface area contributed by atoms with Gasteiger partial charge in [-0.05, 0) is 24.6 Å². The van der Waals surface area contributed by atoms with E-state index in [0.29, 0.717) is 0 Å². The van der Waals surface area contributed by atoms with Crippen LogP contribution >= 0.6 is 11.6 Å². The lowest BCUT2D eigenvalue weighted by Crippen LogP contribution is -2.14. The summed E-state index contributed by atoms with van der Waals surface area (Å²) in [4.78, 5) is 0. The third kappa shape index (κ3) is 2.92. The van der Waals surface area contributed by atoms with Crippen molar-refractivity contribution in [2.75, 3.05) is 6.54 Å². The van der Waals surface area contributed by atoms with Gasteiger partial charge in [-0.25, -0.2) is 0 Å². The Hall–Kier alpha value is -1.32. The Morgan fingerprint density at radius 1 is 1.28 bits per heavy atom. The van der Waals surface area contributed by atoms with Crippen molar-refractivity contribution in [2.24, 2.45) is 0 Å². The number of rotatable bonds is 5. The lowest BCUT2D eigenvalue weighted by Gasteiger charge is -2.11. The fraction of sp³-hybridized carbons (Fsp3) is 0.357. The first kappa shape index (κ1) is 13.1. The van der Waals surface area contributed by atoms with E-state index in [1.54, 1.807) is 6.20 Å². The minimum Gasteiger partial charge on any atom is -0.313 e. The van der Waals surface area contributed by atoms with Gasteiger partial charge in [-0.1, -0.05) is 42.8 Å². The second-order valence-corrected chi connectivity index (χ2v) is 4.69. The zero-order chi connectivity index (χ0) is 13.0. The zero-order valence-corrected chi connectivity index (χ0v) is 11.5. The zero-order valence-electron chi connectivity index (χ0n) is 10.8. The number of halogens is 1. The molecule has 0 saturated heterocycles. The summed E-state index contributed by atoms with van der Waals surface area (Å²) < 4.78 is 1.94. The molecular weight excluding hydrogens is 246 g/mol. The molecule has 18 heavy (non-hydrogen) atoms. The predicted molar refractivity (Wildman–Crippen MR) is 74.9 cm³/mol. The van der Waals surface area contributed by atoms with Crippen LogP contribution in [0.4, 0.5) is 0 Å². The first-order chi connectivity index (χ1) is 8.72. The van der Waals surface area contributed by atoms with Gasteiger partial charge in [0.25, 0.3) is 0 Å². The van der Waals surface area contributed by atoms with Crippen LogP contribution in [-0.4, -0.2) is 16.3 Å². The van der Waals surface area contributed by atoms with Gasteiger partial charge in [-0.2, -0.15) is 5.10 Å². The molecule has 0 spiro atoms. The Kier molecular flexibility index (Phi) is 4.39. The van der Waals surface area contributed by atoms with E-state index in [9.17, 15) is 0 Å². The smallest absolute Gasteiger partial charge is 0.0815 e. The van der Waals surface area contributed by atoms with E-state index in [2.05, 4.69) is 41.6 Å². The van der Waals surface area contributed by atoms with Crippen LogP contribution < -0.4 is 5.32 Å². The number of hydrogen-bond donors (Lipinski definition) is 1. The van der Waals surface area contributed by atoms with Gasteiger partial charge in [0, 0.05) is 6.54 Å². The number of benzene rings is 1. The van der Waals surface area contributed by atoms with Crippen molar-refractivity contribution in [3.8, 4) is 0 Å². The van der Waals surface area contributed by atoms with Gasteiger partial charge in [-0.3, -0.25) is 4.68 Å². The highest BCUT2D eigenvalue weighted by molar-refractivity contribution is 6.31. The van der Waals surface area contributed by atoms with Gasteiger partial charge >= 0.3 is 0 Å². The number of hydrogen-bond acceptors (Lipinski definition) is 2. The van der Waals surface area contributed by atoms with E-state index in [1.807, 2.05) is 11.6 Å². The van der Waals surface area contributed by atoms with E-state index < -0.39 is 0 Å². The molecule has 3 nitrogen and oxygen atoms in total. The molecule has 0 aliphatic heterocycles. The lowest BCUT2D eigenvalue weighted by atomic mass is 10.1. The van der Waals surface area contributed by atoms with Gasteiger partial charge in [0.15, 0.2) is 0 Å². The molecule has 1 aromatic carbocycles. The predicted octanol–water partition coefficient (Wildman–Crippen LogP) is 3.00. The molecule has 0 atom stereocenters. The quantitative estimate of drug-likeness (QED) is 0.899. The molecule has 4 heteroatoms. The summed E-state index contributed by atoms with van der Waals surface area (Å²) in [5, 5.41) is 8.37. The highest BCUT2D eigenvalue weighted by atomic mass is 35.5. The molecule has 1 N–H and O–H groups in total. The molecule has 2 aromatic rings. The number of aromatic nitrogens is 2. The van der Waals surface area contributed by atoms with Crippen LogP contribution in [0.25, 0.3) is 0 Å². The number of nitrogens with one attached hydrogen (secondary N) is 1. The maximum Gasteiger partial charge on any atom is 0.0815 e. The Balaban J connectivity index is 2.20. The monoisotopic (exact) mass is 263 g/mol. The minimum atomic E-state index is 0.721. The van der Waals surface area contributed by atoms with Crippen LogP contribution in [0.2, 0.25) is 5.02 Å². The molecule has 0 amide bonds. The second kappa shape index (κ2) is 6.03. The van der Waals surface area contributed by atoms with Gasteiger partial charge in [0.1, 0.15) is 0 Å². The summed E-state index contributed by atoms with van der Waals surface area (Å²) in [6, 6.07) is 8.42. The molecule has 0 fully saturated rings. The van der Waals surface area contributed by atoms with Crippen LogP contribution in [0.1, 0.15) is 23.7 Å². The van der Waals surface area contributed by atoms with E-state index in [0.717, 1.165) is 30.4 Å². The summed E-state index contributed by atoms with van der Waals surface area (Å²) >= 11 is 6.02. The highest BCUT2D eigenvalue weighted by Crippen LogP contribution is 2.16. The normalized spacial score (nSPS) is 10.8. The SMILES string of the molecule is CCNCc1ccccc1Cn1ncc(Cl)c1C. The van der Waals surface area contributed by atoms with Crippen molar-refractivity contribution in [1.29, 1.82) is 0 Å². The van der Waals surface area contributed by atoms with Gasteiger partial charge in [-0.15, -0.1) is 0 Å². The third-order valence-electron chi connectivity index (χ3n) is 3.05. The van der Waals surface area contributed by atoms with E-state index in [4.69, 9.17) is 11.6 Å². The fourth-order valence-corrected chi connectivity index (χ4v) is 2.03. The molecular formula is C14H18ClN3. The molecule has 0 saturated carbocycles. The third-order valence-corrected chi connectivity index (χ3v) is 3.42. The molecule has 0 unspecified atom stereocenters. The molecule has 1 aromatic heterocycles. The fourth-order valence-electron chi connectivity index (χ4n) is 1.89. The van der Waals surface area contributed by atoms with Crippen molar-refractivity contribution in [1.82, 2.24) is 15.1 Å². The molecule has 0 aliphatic carbocycles. The van der Waals surface area contributed by atoms with Crippen LogP contribution in [-0.2, 0) is 13.1 Å². The van der Waals surface area contributed by atoms with Crippen molar-refractivity contribution < 1.29 is 0 Å². The molecule has 0 aliphatic rings. The van der Waals surface area contributed by atoms with Crippen LogP contribution in [0, 0.1) is 6.92 Å². The van der Waals surface area contributed by atoms with E-state index >= 15 is 0 Å². The molecule has 2 rings (SSSR count). The lowest BCUT2D eigenvalue weighted by molar-refractivity contribution is 0.650. The molecule has 1 heterocycles. The van der Waals surface area contributed by atoms with Gasteiger partial charge in [0.2, 0.25) is 0 Å². The molecule has 0 radical (unpaired) electrons. The van der Waals surface area contributed by atoms with Crippen LogP contribution in [0.5, 0.6) is 0 Å². The Bertz CT molecular complexity index is 520. The summed E-state index contributed by atoms with van der Waals surface area (Å²) in [7, 11) is 0. The van der Waals surface area contributed by atoms with Gasteiger partial charge in [0.05, 0.1) is 23.5 Å². The van der Waals surface area contributed by atoms with Crippen molar-refractivity contribution in [2.45, 2.75) is 26.9 Å². The van der Waals surface area contributed by atoms with Crippen molar-refractivity contribution >= 4 is 11.6 Å². The van der Waals surface area contributed by atoms with E-state index in [1.165, 1.54) is 11.1 Å². The van der Waals surface area contributed by atoms with E-state index in [-0.39, 0.29) is 0 Å². The largest absolute Gasteiger partial charge is 0.313 e. The number of nitrogens with zero attached hydrogens (tertiary/aromatic N) is 2. The topological polar surface area (TPSA) is 29.9 Å².